The normalized spacial score (nSPS) is 11.0. The van der Waals surface area contributed by atoms with Crippen LogP contribution >= 0.6 is 23.7 Å². The highest BCUT2D eigenvalue weighted by Gasteiger charge is 2.19. The van der Waals surface area contributed by atoms with Crippen molar-refractivity contribution in [2.24, 2.45) is 5.92 Å². The molecule has 0 aliphatic heterocycles. The standard InChI is InChI=1S/C23H30N2O4S2/c1-4-8-17(9-5-2)14-15-24-31-18-12-13-22(20(16-18)25(27)28)30-21-11-7-6-10-19(21)23(26)29-3/h6-7,10-13,16-17,24H,4-5,8-9,14-15H2,1-3H3. The second kappa shape index (κ2) is 13.4. The summed E-state index contributed by atoms with van der Waals surface area (Å²) in [5.41, 5.74) is 0.407. The number of rotatable bonds is 13. The van der Waals surface area contributed by atoms with Crippen molar-refractivity contribution < 1.29 is 14.5 Å². The summed E-state index contributed by atoms with van der Waals surface area (Å²) in [6, 6.07) is 12.1. The molecule has 2 aromatic carbocycles. The van der Waals surface area contributed by atoms with Crippen molar-refractivity contribution in [3.8, 4) is 0 Å². The number of carbonyl (C=O) groups excluding carboxylic acids is 1. The van der Waals surface area contributed by atoms with Crippen LogP contribution in [-0.2, 0) is 4.74 Å². The average molecular weight is 463 g/mol. The molecular weight excluding hydrogens is 432 g/mol. The van der Waals surface area contributed by atoms with E-state index in [2.05, 4.69) is 18.6 Å². The average Bonchev–Trinajstić information content (AvgIpc) is 2.77. The van der Waals surface area contributed by atoms with Crippen molar-refractivity contribution in [3.05, 3.63) is 58.1 Å². The number of carbonyl (C=O) groups is 1. The fourth-order valence-corrected chi connectivity index (χ4v) is 5.10. The van der Waals surface area contributed by atoms with E-state index in [1.165, 1.54) is 56.5 Å². The number of nitro benzene ring substituents is 1. The Labute approximate surface area is 192 Å². The lowest BCUT2D eigenvalue weighted by molar-refractivity contribution is -0.387. The van der Waals surface area contributed by atoms with Gasteiger partial charge in [0, 0.05) is 22.4 Å². The van der Waals surface area contributed by atoms with Crippen LogP contribution < -0.4 is 4.72 Å². The van der Waals surface area contributed by atoms with Crippen LogP contribution in [0.15, 0.2) is 57.2 Å². The van der Waals surface area contributed by atoms with Gasteiger partial charge in [-0.1, -0.05) is 63.4 Å². The van der Waals surface area contributed by atoms with Gasteiger partial charge in [0.1, 0.15) is 0 Å². The van der Waals surface area contributed by atoms with E-state index in [1.807, 2.05) is 6.07 Å². The molecule has 0 unspecified atom stereocenters. The quantitative estimate of drug-likeness (QED) is 0.116. The second-order valence-electron chi connectivity index (χ2n) is 7.20. The van der Waals surface area contributed by atoms with Gasteiger partial charge in [0.25, 0.3) is 5.69 Å². The largest absolute Gasteiger partial charge is 0.465 e. The minimum Gasteiger partial charge on any atom is -0.465 e. The summed E-state index contributed by atoms with van der Waals surface area (Å²) in [7, 11) is 1.32. The Morgan fingerprint density at radius 3 is 2.45 bits per heavy atom. The van der Waals surface area contributed by atoms with Crippen LogP contribution in [0.25, 0.3) is 0 Å². The second-order valence-corrected chi connectivity index (χ2v) is 9.25. The number of ether oxygens (including phenoxy) is 1. The Morgan fingerprint density at radius 1 is 1.10 bits per heavy atom. The monoisotopic (exact) mass is 462 g/mol. The van der Waals surface area contributed by atoms with Gasteiger partial charge < -0.3 is 4.74 Å². The number of hydrogen-bond acceptors (Lipinski definition) is 7. The molecule has 6 nitrogen and oxygen atoms in total. The van der Waals surface area contributed by atoms with Crippen molar-refractivity contribution in [2.45, 2.75) is 60.6 Å². The van der Waals surface area contributed by atoms with E-state index < -0.39 is 5.97 Å². The van der Waals surface area contributed by atoms with Crippen molar-refractivity contribution in [1.29, 1.82) is 0 Å². The molecule has 1 N–H and O–H groups in total. The Hall–Kier alpha value is -2.03. The van der Waals surface area contributed by atoms with Crippen molar-refractivity contribution in [1.82, 2.24) is 4.72 Å². The predicted octanol–water partition coefficient (Wildman–Crippen LogP) is 6.74. The molecule has 0 atom stereocenters. The predicted molar refractivity (Wildman–Crippen MR) is 127 cm³/mol. The van der Waals surface area contributed by atoms with Crippen LogP contribution in [0.2, 0.25) is 0 Å². The Bertz CT molecular complexity index is 870. The van der Waals surface area contributed by atoms with E-state index in [9.17, 15) is 14.9 Å². The maximum atomic E-state index is 12.0. The molecule has 0 aromatic heterocycles. The molecule has 8 heteroatoms. The first kappa shape index (κ1) is 25.2. The third-order valence-corrected chi connectivity index (χ3v) is 6.86. The molecule has 0 fully saturated rings. The van der Waals surface area contributed by atoms with E-state index in [0.717, 1.165) is 23.8 Å². The highest BCUT2D eigenvalue weighted by molar-refractivity contribution is 7.99. The maximum absolute atomic E-state index is 12.0. The van der Waals surface area contributed by atoms with E-state index in [0.29, 0.717) is 15.4 Å². The molecule has 31 heavy (non-hydrogen) atoms. The molecular formula is C23H30N2O4S2. The first-order valence-electron chi connectivity index (χ1n) is 10.5. The molecule has 0 heterocycles. The van der Waals surface area contributed by atoms with Gasteiger partial charge in [-0.15, -0.1) is 0 Å². The third-order valence-electron chi connectivity index (χ3n) is 4.88. The number of benzene rings is 2. The van der Waals surface area contributed by atoms with Crippen molar-refractivity contribution >= 4 is 35.4 Å². The number of nitrogens with zero attached hydrogens (tertiary/aromatic N) is 1. The van der Waals surface area contributed by atoms with Gasteiger partial charge in [-0.25, -0.2) is 4.79 Å². The number of hydrogen-bond donors (Lipinski definition) is 1. The van der Waals surface area contributed by atoms with E-state index in [1.54, 1.807) is 36.4 Å². The molecule has 2 aromatic rings. The number of methoxy groups -OCH3 is 1. The van der Waals surface area contributed by atoms with Crippen LogP contribution in [0.5, 0.6) is 0 Å². The summed E-state index contributed by atoms with van der Waals surface area (Å²) in [4.78, 5) is 25.2. The van der Waals surface area contributed by atoms with Gasteiger partial charge in [0.05, 0.1) is 22.5 Å². The SMILES string of the molecule is CCCC(CCC)CCNSc1ccc(Sc2ccccc2C(=O)OC)c([N+](=O)[O-])c1. The molecule has 0 saturated heterocycles. The Morgan fingerprint density at radius 2 is 1.81 bits per heavy atom. The lowest BCUT2D eigenvalue weighted by atomic mass is 9.95. The van der Waals surface area contributed by atoms with Crippen LogP contribution in [0, 0.1) is 16.0 Å². The van der Waals surface area contributed by atoms with Crippen LogP contribution in [0.4, 0.5) is 5.69 Å². The molecule has 2 rings (SSSR count). The van der Waals surface area contributed by atoms with Crippen molar-refractivity contribution in [2.75, 3.05) is 13.7 Å². The topological polar surface area (TPSA) is 81.5 Å². The third kappa shape index (κ3) is 7.87. The molecule has 0 radical (unpaired) electrons. The smallest absolute Gasteiger partial charge is 0.339 e. The highest BCUT2D eigenvalue weighted by Crippen LogP contribution is 2.38. The summed E-state index contributed by atoms with van der Waals surface area (Å²) < 4.78 is 8.16. The Kier molecular flexibility index (Phi) is 10.9. The molecule has 168 valence electrons. The molecule has 0 aliphatic carbocycles. The molecule has 0 bridgehead atoms. The zero-order valence-electron chi connectivity index (χ0n) is 18.3. The number of esters is 1. The molecule has 0 spiro atoms. The highest BCUT2D eigenvalue weighted by atomic mass is 32.2. The summed E-state index contributed by atoms with van der Waals surface area (Å²) in [6.07, 6.45) is 5.98. The number of nitrogens with one attached hydrogen (secondary N) is 1. The number of nitro groups is 1. The van der Waals surface area contributed by atoms with Crippen LogP contribution in [0.3, 0.4) is 0 Å². The first-order valence-corrected chi connectivity index (χ1v) is 12.2. The van der Waals surface area contributed by atoms with Crippen LogP contribution in [-0.4, -0.2) is 24.5 Å². The Balaban J connectivity index is 2.07. The molecule has 0 aliphatic rings. The maximum Gasteiger partial charge on any atom is 0.339 e. The fourth-order valence-electron chi connectivity index (χ4n) is 3.39. The summed E-state index contributed by atoms with van der Waals surface area (Å²) in [5, 5.41) is 11.7. The van der Waals surface area contributed by atoms with E-state index in [-0.39, 0.29) is 10.6 Å². The van der Waals surface area contributed by atoms with E-state index >= 15 is 0 Å². The van der Waals surface area contributed by atoms with Gasteiger partial charge in [-0.05, 0) is 48.6 Å². The lowest BCUT2D eigenvalue weighted by Crippen LogP contribution is -2.11. The summed E-state index contributed by atoms with van der Waals surface area (Å²) in [5.74, 6) is 0.262. The summed E-state index contributed by atoms with van der Waals surface area (Å²) >= 11 is 2.61. The minimum absolute atomic E-state index is 0.0197. The van der Waals surface area contributed by atoms with Crippen molar-refractivity contribution in [3.63, 3.8) is 0 Å². The van der Waals surface area contributed by atoms with Crippen LogP contribution in [0.1, 0.15) is 56.3 Å². The first-order chi connectivity index (χ1) is 15.0. The summed E-state index contributed by atoms with van der Waals surface area (Å²) in [6.45, 7) is 5.30. The fraction of sp³-hybridized carbons (Fsp3) is 0.435. The zero-order valence-corrected chi connectivity index (χ0v) is 19.9. The van der Waals surface area contributed by atoms with Gasteiger partial charge >= 0.3 is 5.97 Å². The lowest BCUT2D eigenvalue weighted by Gasteiger charge is -2.15. The van der Waals surface area contributed by atoms with Gasteiger partial charge in [0.2, 0.25) is 0 Å². The zero-order chi connectivity index (χ0) is 22.6. The minimum atomic E-state index is -0.466. The molecule has 0 saturated carbocycles. The molecule has 0 amide bonds. The van der Waals surface area contributed by atoms with Gasteiger partial charge in [0.15, 0.2) is 0 Å². The van der Waals surface area contributed by atoms with E-state index in [4.69, 9.17) is 4.74 Å². The van der Waals surface area contributed by atoms with Gasteiger partial charge in [-0.2, -0.15) is 0 Å². The van der Waals surface area contributed by atoms with Gasteiger partial charge in [-0.3, -0.25) is 14.8 Å².